The van der Waals surface area contributed by atoms with Crippen molar-refractivity contribution in [1.29, 1.82) is 0 Å². The summed E-state index contributed by atoms with van der Waals surface area (Å²) in [5.41, 5.74) is -1.36. The van der Waals surface area contributed by atoms with E-state index in [1.807, 2.05) is 12.1 Å². The fourth-order valence-electron chi connectivity index (χ4n) is 1.25. The molecule has 8 heteroatoms. The minimum absolute atomic E-state index is 0.495. The van der Waals surface area contributed by atoms with Crippen LogP contribution in [0.3, 0.4) is 0 Å². The van der Waals surface area contributed by atoms with Gasteiger partial charge in [0.1, 0.15) is 11.5 Å². The van der Waals surface area contributed by atoms with E-state index in [0.29, 0.717) is 11.5 Å². The van der Waals surface area contributed by atoms with Gasteiger partial charge in [-0.2, -0.15) is 0 Å². The number of halogens is 1. The van der Waals surface area contributed by atoms with Crippen LogP contribution in [0.5, 0.6) is 11.5 Å². The Hall–Kier alpha value is -1.59. The van der Waals surface area contributed by atoms with Crippen molar-refractivity contribution in [3.63, 3.8) is 0 Å². The molecule has 0 spiro atoms. The molecule has 0 amide bonds. The second-order valence-electron chi connectivity index (χ2n) is 3.53. The van der Waals surface area contributed by atoms with Crippen LogP contribution in [-0.4, -0.2) is 15.4 Å². The molecule has 0 aliphatic carbocycles. The van der Waals surface area contributed by atoms with Gasteiger partial charge in [0.2, 0.25) is 0 Å². The summed E-state index contributed by atoms with van der Waals surface area (Å²) in [6.07, 6.45) is 0. The highest BCUT2D eigenvalue weighted by Crippen LogP contribution is 2.44. The van der Waals surface area contributed by atoms with Crippen molar-refractivity contribution in [2.24, 2.45) is 0 Å². The number of benzene rings is 2. The van der Waals surface area contributed by atoms with Crippen molar-refractivity contribution >= 4 is 35.6 Å². The summed E-state index contributed by atoms with van der Waals surface area (Å²) in [4.78, 5) is 18.7. The van der Waals surface area contributed by atoms with Gasteiger partial charge >= 0.3 is 12.1 Å². The number of carboxylic acid groups (broad SMARTS) is 1. The van der Waals surface area contributed by atoms with E-state index in [9.17, 15) is 4.89 Å². The highest BCUT2D eigenvalue weighted by atomic mass is 35.5. The van der Waals surface area contributed by atoms with Crippen LogP contribution >= 0.6 is 18.3 Å². The quantitative estimate of drug-likeness (QED) is 0.636. The van der Waals surface area contributed by atoms with E-state index in [1.165, 1.54) is 0 Å². The van der Waals surface area contributed by atoms with Crippen LogP contribution in [0.2, 0.25) is 0 Å². The molecular weight excluding hydrogens is 335 g/mol. The fraction of sp³-hybridized carbons (Fsp3) is 0. The number of hydrogen-bond donors (Lipinski definition) is 2. The number of carbonyl (C=O) groups is 1. The Balaban J connectivity index is 0.000000491. The first-order valence-electron chi connectivity index (χ1n) is 5.59. The van der Waals surface area contributed by atoms with E-state index in [-0.39, 0.29) is 0 Å². The smallest absolute Gasteiger partial charge is 0.432 e. The average Bonchev–Trinajstić information content (AvgIpc) is 2.39. The third-order valence-electron chi connectivity index (χ3n) is 1.93. The third-order valence-corrected chi connectivity index (χ3v) is 3.26. The van der Waals surface area contributed by atoms with Crippen LogP contribution in [0, 0.1) is 0 Å². The highest BCUT2D eigenvalue weighted by molar-refractivity contribution is 8.07. The molecule has 0 atom stereocenters. The molecule has 0 heterocycles. The van der Waals surface area contributed by atoms with Crippen molar-refractivity contribution < 1.29 is 23.8 Å². The Kier molecular flexibility index (Phi) is 7.19. The van der Waals surface area contributed by atoms with Crippen molar-refractivity contribution in [2.45, 2.75) is 0 Å². The standard InChI is InChI=1S/C12H11O3PS.CHClO2/c13-16(17,14-11-7-3-1-4-8-11)15-12-9-5-2-6-10-12;2-1(3)4/h1-10H,(H,13,17);(H,3,4). The summed E-state index contributed by atoms with van der Waals surface area (Å²) in [7, 11) is 0. The molecule has 2 rings (SSSR count). The molecule has 0 aromatic heterocycles. The lowest BCUT2D eigenvalue weighted by Crippen LogP contribution is -1.99. The van der Waals surface area contributed by atoms with Crippen LogP contribution in [0.25, 0.3) is 0 Å². The summed E-state index contributed by atoms with van der Waals surface area (Å²) in [6, 6.07) is 17.8. The van der Waals surface area contributed by atoms with Gasteiger partial charge in [-0.25, -0.2) is 4.79 Å². The van der Waals surface area contributed by atoms with Gasteiger partial charge in [-0.15, -0.1) is 0 Å². The van der Waals surface area contributed by atoms with Gasteiger partial charge in [-0.1, -0.05) is 36.4 Å². The molecule has 2 N–H and O–H groups in total. The Morgan fingerprint density at radius 2 is 1.24 bits per heavy atom. The lowest BCUT2D eigenvalue weighted by molar-refractivity contribution is 0.220. The van der Waals surface area contributed by atoms with Gasteiger partial charge in [-0.3, -0.25) is 0 Å². The lowest BCUT2D eigenvalue weighted by atomic mass is 10.3. The van der Waals surface area contributed by atoms with Gasteiger partial charge in [0.25, 0.3) is 0 Å². The zero-order chi connectivity index (χ0) is 15.7. The van der Waals surface area contributed by atoms with E-state index in [0.717, 1.165) is 0 Å². The largest absolute Gasteiger partial charge is 0.469 e. The maximum atomic E-state index is 9.90. The Labute approximate surface area is 132 Å². The Morgan fingerprint density at radius 1 is 0.952 bits per heavy atom. The van der Waals surface area contributed by atoms with Gasteiger partial charge in [0.15, 0.2) is 0 Å². The second-order valence-corrected chi connectivity index (χ2v) is 6.54. The van der Waals surface area contributed by atoms with Crippen molar-refractivity contribution in [1.82, 2.24) is 0 Å². The maximum absolute atomic E-state index is 9.90. The molecule has 0 unspecified atom stereocenters. The van der Waals surface area contributed by atoms with E-state index in [4.69, 9.17) is 30.8 Å². The first kappa shape index (κ1) is 17.5. The second kappa shape index (κ2) is 8.64. The zero-order valence-electron chi connectivity index (χ0n) is 10.6. The van der Waals surface area contributed by atoms with Crippen LogP contribution in [0.15, 0.2) is 60.7 Å². The van der Waals surface area contributed by atoms with Crippen molar-refractivity contribution in [3.05, 3.63) is 60.7 Å². The molecule has 0 saturated carbocycles. The molecular formula is C13H12ClO5PS. The monoisotopic (exact) mass is 346 g/mol. The first-order valence-corrected chi connectivity index (χ1v) is 8.56. The lowest BCUT2D eigenvalue weighted by Gasteiger charge is -2.17. The summed E-state index contributed by atoms with van der Waals surface area (Å²) in [5.74, 6) is 0.989. The average molecular weight is 347 g/mol. The summed E-state index contributed by atoms with van der Waals surface area (Å²) in [6.45, 7) is -3.30. The Bertz CT molecular complexity index is 559. The molecule has 0 aliphatic heterocycles. The molecule has 2 aromatic carbocycles. The normalized spacial score (nSPS) is 10.0. The van der Waals surface area contributed by atoms with E-state index in [2.05, 4.69) is 11.6 Å². The van der Waals surface area contributed by atoms with Gasteiger partial charge in [-0.05, 0) is 24.3 Å². The van der Waals surface area contributed by atoms with Crippen LogP contribution in [0.1, 0.15) is 0 Å². The van der Waals surface area contributed by atoms with Gasteiger partial charge in [0, 0.05) is 23.4 Å². The van der Waals surface area contributed by atoms with Crippen molar-refractivity contribution in [3.8, 4) is 11.5 Å². The third kappa shape index (κ3) is 8.32. The molecule has 0 fully saturated rings. The van der Waals surface area contributed by atoms with Crippen molar-refractivity contribution in [2.75, 3.05) is 0 Å². The summed E-state index contributed by atoms with van der Waals surface area (Å²) >= 11 is 9.12. The van der Waals surface area contributed by atoms with Crippen LogP contribution < -0.4 is 9.05 Å². The zero-order valence-corrected chi connectivity index (χ0v) is 13.1. The molecule has 0 radical (unpaired) electrons. The molecule has 5 nitrogen and oxygen atoms in total. The molecule has 2 aromatic rings. The molecule has 0 bridgehead atoms. The number of para-hydroxylation sites is 2. The molecule has 0 aliphatic rings. The maximum Gasteiger partial charge on any atom is 0.432 e. The first-order chi connectivity index (χ1) is 9.89. The minimum atomic E-state index is -3.30. The molecule has 112 valence electrons. The molecule has 0 saturated heterocycles. The Morgan fingerprint density at radius 3 is 1.52 bits per heavy atom. The predicted molar refractivity (Wildman–Crippen MR) is 84.5 cm³/mol. The fourth-order valence-corrected chi connectivity index (χ4v) is 2.58. The predicted octanol–water partition coefficient (Wildman–Crippen LogP) is 4.26. The van der Waals surface area contributed by atoms with Gasteiger partial charge in [0.05, 0.1) is 0 Å². The highest BCUT2D eigenvalue weighted by Gasteiger charge is 2.18. The topological polar surface area (TPSA) is 76.0 Å². The number of hydrogen-bond acceptors (Lipinski definition) is 4. The van der Waals surface area contributed by atoms with E-state index in [1.54, 1.807) is 48.5 Å². The van der Waals surface area contributed by atoms with Gasteiger partial charge < -0.3 is 19.0 Å². The van der Waals surface area contributed by atoms with Crippen LogP contribution in [0.4, 0.5) is 4.79 Å². The summed E-state index contributed by atoms with van der Waals surface area (Å²) < 4.78 is 10.5. The van der Waals surface area contributed by atoms with Crippen LogP contribution in [-0.2, 0) is 11.8 Å². The SMILES string of the molecule is O=C(O)Cl.OP(=S)(Oc1ccccc1)Oc1ccccc1. The summed E-state index contributed by atoms with van der Waals surface area (Å²) in [5, 5.41) is 7.18. The van der Waals surface area contributed by atoms with E-state index >= 15 is 0 Å². The number of rotatable bonds is 4. The molecule has 21 heavy (non-hydrogen) atoms. The minimum Gasteiger partial charge on any atom is -0.469 e. The van der Waals surface area contributed by atoms with E-state index < -0.39 is 12.1 Å².